The normalized spacial score (nSPS) is 12.9. The molecular weight excluding hydrogens is 287 g/mol. The minimum atomic E-state index is -3.99. The summed E-state index contributed by atoms with van der Waals surface area (Å²) in [5, 5.41) is 1.07. The van der Waals surface area contributed by atoms with Crippen LogP contribution in [0.1, 0.15) is 6.92 Å². The lowest BCUT2D eigenvalue weighted by atomic mass is 10.3. The van der Waals surface area contributed by atoms with Crippen LogP contribution in [0.15, 0.2) is 23.1 Å². The molecule has 1 aromatic rings. The Morgan fingerprint density at radius 3 is 2.65 bits per heavy atom. The molecule has 20 heavy (non-hydrogen) atoms. The van der Waals surface area contributed by atoms with E-state index in [1.165, 1.54) is 14.0 Å². The first-order valence-corrected chi connectivity index (χ1v) is 7.40. The largest absolute Gasteiger partial charge is 0.399 e. The highest BCUT2D eigenvalue weighted by atomic mass is 32.2. The van der Waals surface area contributed by atoms with Crippen molar-refractivity contribution in [2.75, 3.05) is 26.0 Å². The van der Waals surface area contributed by atoms with E-state index in [1.54, 1.807) is 0 Å². The van der Waals surface area contributed by atoms with Gasteiger partial charge >= 0.3 is 0 Å². The number of halogens is 1. The van der Waals surface area contributed by atoms with Gasteiger partial charge in [0.05, 0.1) is 11.5 Å². The molecule has 6 nitrogen and oxygen atoms in total. The number of methoxy groups -OCH3 is 1. The summed E-state index contributed by atoms with van der Waals surface area (Å²) < 4.78 is 42.3. The van der Waals surface area contributed by atoms with Crippen molar-refractivity contribution in [3.63, 3.8) is 0 Å². The predicted molar refractivity (Wildman–Crippen MR) is 72.3 cm³/mol. The molecular formula is C12H17FN2O4S. The van der Waals surface area contributed by atoms with E-state index < -0.39 is 26.8 Å². The number of carbonyl (C=O) groups excluding carboxylic acids is 1. The summed E-state index contributed by atoms with van der Waals surface area (Å²) in [6.07, 6.45) is 0. The van der Waals surface area contributed by atoms with E-state index in [0.717, 1.165) is 18.2 Å². The number of nitrogens with two attached hydrogens (primary N) is 1. The first-order chi connectivity index (χ1) is 9.28. The lowest BCUT2D eigenvalue weighted by molar-refractivity contribution is -0.120. The van der Waals surface area contributed by atoms with Gasteiger partial charge in [-0.15, -0.1) is 0 Å². The van der Waals surface area contributed by atoms with Gasteiger partial charge in [-0.25, -0.2) is 12.8 Å². The molecule has 8 heteroatoms. The maximum absolute atomic E-state index is 13.2. The molecule has 0 saturated carbocycles. The van der Waals surface area contributed by atoms with Crippen molar-refractivity contribution >= 4 is 21.4 Å². The van der Waals surface area contributed by atoms with Crippen molar-refractivity contribution in [2.24, 2.45) is 0 Å². The lowest BCUT2D eigenvalue weighted by Gasteiger charge is -2.13. The second kappa shape index (κ2) is 6.67. The van der Waals surface area contributed by atoms with Crippen molar-refractivity contribution in [3.05, 3.63) is 24.0 Å². The standard InChI is InChI=1S/C12H17FN2O4S/c1-8(12(16)15-3-4-19-2)20(17,18)11-6-9(13)5-10(14)7-11/h5-8H,3-4,14H2,1-2H3,(H,15,16). The minimum absolute atomic E-state index is 0.0180. The molecule has 0 spiro atoms. The van der Waals surface area contributed by atoms with Crippen LogP contribution in [0.2, 0.25) is 0 Å². The number of hydrogen-bond donors (Lipinski definition) is 2. The minimum Gasteiger partial charge on any atom is -0.399 e. The highest BCUT2D eigenvalue weighted by molar-refractivity contribution is 7.92. The molecule has 0 aliphatic heterocycles. The van der Waals surface area contributed by atoms with Gasteiger partial charge in [-0.2, -0.15) is 0 Å². The molecule has 3 N–H and O–H groups in total. The third kappa shape index (κ3) is 3.91. The Hall–Kier alpha value is -1.67. The fourth-order valence-electron chi connectivity index (χ4n) is 1.51. The second-order valence-corrected chi connectivity index (χ2v) is 6.46. The smallest absolute Gasteiger partial charge is 0.238 e. The fourth-order valence-corrected chi connectivity index (χ4v) is 2.86. The van der Waals surface area contributed by atoms with E-state index in [4.69, 9.17) is 10.5 Å². The third-order valence-corrected chi connectivity index (χ3v) is 4.70. The number of hydrogen-bond acceptors (Lipinski definition) is 5. The number of amides is 1. The van der Waals surface area contributed by atoms with Crippen molar-refractivity contribution in [3.8, 4) is 0 Å². The Bertz CT molecular complexity index is 569. The van der Waals surface area contributed by atoms with Gasteiger partial charge in [-0.3, -0.25) is 4.79 Å². The Morgan fingerprint density at radius 2 is 2.10 bits per heavy atom. The Labute approximate surface area is 117 Å². The van der Waals surface area contributed by atoms with Crippen LogP contribution >= 0.6 is 0 Å². The number of anilines is 1. The molecule has 1 unspecified atom stereocenters. The third-order valence-electron chi connectivity index (χ3n) is 2.66. The van der Waals surface area contributed by atoms with Crippen molar-refractivity contribution in [1.29, 1.82) is 0 Å². The number of ether oxygens (including phenoxy) is 1. The molecule has 0 aromatic heterocycles. The maximum atomic E-state index is 13.2. The van der Waals surface area contributed by atoms with Crippen LogP contribution in [-0.4, -0.2) is 39.8 Å². The molecule has 0 fully saturated rings. The monoisotopic (exact) mass is 304 g/mol. The number of sulfone groups is 1. The number of nitrogens with one attached hydrogen (secondary N) is 1. The molecule has 1 amide bonds. The number of nitrogen functional groups attached to an aromatic ring is 1. The van der Waals surface area contributed by atoms with Gasteiger partial charge in [0.2, 0.25) is 5.91 Å². The van der Waals surface area contributed by atoms with Crippen LogP contribution < -0.4 is 11.1 Å². The summed E-state index contributed by atoms with van der Waals surface area (Å²) in [5.41, 5.74) is 5.39. The van der Waals surface area contributed by atoms with Crippen LogP contribution in [-0.2, 0) is 19.4 Å². The van der Waals surface area contributed by atoms with E-state index in [0.29, 0.717) is 0 Å². The van der Waals surface area contributed by atoms with Crippen LogP contribution in [0, 0.1) is 5.82 Å². The van der Waals surface area contributed by atoms with E-state index >= 15 is 0 Å². The topological polar surface area (TPSA) is 98.5 Å². The highest BCUT2D eigenvalue weighted by Crippen LogP contribution is 2.20. The second-order valence-electron chi connectivity index (χ2n) is 4.19. The summed E-state index contributed by atoms with van der Waals surface area (Å²) >= 11 is 0. The van der Waals surface area contributed by atoms with Crippen LogP contribution in [0.3, 0.4) is 0 Å². The Kier molecular flexibility index (Phi) is 5.46. The van der Waals surface area contributed by atoms with E-state index in [1.807, 2.05) is 0 Å². The van der Waals surface area contributed by atoms with E-state index in [9.17, 15) is 17.6 Å². The van der Waals surface area contributed by atoms with Crippen LogP contribution in [0.5, 0.6) is 0 Å². The van der Waals surface area contributed by atoms with Gasteiger partial charge in [0.1, 0.15) is 11.1 Å². The maximum Gasteiger partial charge on any atom is 0.238 e. The van der Waals surface area contributed by atoms with E-state index in [2.05, 4.69) is 5.32 Å². The zero-order valence-electron chi connectivity index (χ0n) is 11.2. The summed E-state index contributed by atoms with van der Waals surface area (Å²) in [7, 11) is -2.53. The predicted octanol–water partition coefficient (Wildman–Crippen LogP) is 0.333. The molecule has 112 valence electrons. The van der Waals surface area contributed by atoms with Gasteiger partial charge in [-0.1, -0.05) is 0 Å². The van der Waals surface area contributed by atoms with Gasteiger partial charge in [0.15, 0.2) is 9.84 Å². The van der Waals surface area contributed by atoms with E-state index in [-0.39, 0.29) is 23.7 Å². The molecule has 0 heterocycles. The zero-order chi connectivity index (χ0) is 15.3. The van der Waals surface area contributed by atoms with Crippen LogP contribution in [0.25, 0.3) is 0 Å². The summed E-state index contributed by atoms with van der Waals surface area (Å²) in [4.78, 5) is 11.4. The Balaban J connectivity index is 2.94. The molecule has 0 radical (unpaired) electrons. The lowest BCUT2D eigenvalue weighted by Crippen LogP contribution is -2.39. The average Bonchev–Trinajstić information content (AvgIpc) is 2.36. The molecule has 0 bridgehead atoms. The Morgan fingerprint density at radius 1 is 1.45 bits per heavy atom. The first-order valence-electron chi connectivity index (χ1n) is 5.85. The van der Waals surface area contributed by atoms with Crippen molar-refractivity contribution in [1.82, 2.24) is 5.32 Å². The van der Waals surface area contributed by atoms with Crippen LogP contribution in [0.4, 0.5) is 10.1 Å². The number of rotatable bonds is 6. The quantitative estimate of drug-likeness (QED) is 0.583. The van der Waals surface area contributed by atoms with Crippen molar-refractivity contribution in [2.45, 2.75) is 17.1 Å². The molecule has 1 atom stereocenters. The zero-order valence-corrected chi connectivity index (χ0v) is 12.0. The first kappa shape index (κ1) is 16.4. The number of benzene rings is 1. The van der Waals surface area contributed by atoms with Gasteiger partial charge in [0, 0.05) is 19.3 Å². The van der Waals surface area contributed by atoms with Gasteiger partial charge < -0.3 is 15.8 Å². The molecule has 0 aliphatic rings. The molecule has 1 aromatic carbocycles. The number of carbonyl (C=O) groups is 1. The fraction of sp³-hybridized carbons (Fsp3) is 0.417. The summed E-state index contributed by atoms with van der Waals surface area (Å²) in [5.74, 6) is -1.44. The molecule has 0 saturated heterocycles. The highest BCUT2D eigenvalue weighted by Gasteiger charge is 2.30. The van der Waals surface area contributed by atoms with Gasteiger partial charge in [-0.05, 0) is 25.1 Å². The SMILES string of the molecule is COCCNC(=O)C(C)S(=O)(=O)c1cc(N)cc(F)c1. The molecule has 0 aliphatic carbocycles. The molecule has 1 rings (SSSR count). The van der Waals surface area contributed by atoms with Gasteiger partial charge in [0.25, 0.3) is 0 Å². The summed E-state index contributed by atoms with van der Waals surface area (Å²) in [6, 6.07) is 2.96. The average molecular weight is 304 g/mol. The summed E-state index contributed by atoms with van der Waals surface area (Å²) in [6.45, 7) is 1.70. The van der Waals surface area contributed by atoms with Crippen molar-refractivity contribution < 1.29 is 22.3 Å².